The van der Waals surface area contributed by atoms with Gasteiger partial charge >= 0.3 is 5.97 Å². The van der Waals surface area contributed by atoms with Crippen molar-refractivity contribution >= 4 is 17.3 Å². The summed E-state index contributed by atoms with van der Waals surface area (Å²) in [5.74, 6) is -2.56. The Labute approximate surface area is 120 Å². The SMILES string of the molecule is CN1CCC(Nc2cc(C(=O)O)c(F)cc2[N+](=O)[O-])CC1. The monoisotopic (exact) mass is 297 g/mol. The van der Waals surface area contributed by atoms with Gasteiger partial charge in [-0.25, -0.2) is 9.18 Å². The van der Waals surface area contributed by atoms with E-state index in [1.165, 1.54) is 0 Å². The molecule has 0 aromatic heterocycles. The maximum absolute atomic E-state index is 13.6. The average molecular weight is 297 g/mol. The first kappa shape index (κ1) is 15.2. The number of aromatic carboxylic acids is 1. The van der Waals surface area contributed by atoms with Crippen LogP contribution in [0.4, 0.5) is 15.8 Å². The number of carboxylic acid groups (broad SMARTS) is 1. The summed E-state index contributed by atoms with van der Waals surface area (Å²) in [5, 5.41) is 22.9. The highest BCUT2D eigenvalue weighted by Crippen LogP contribution is 2.29. The van der Waals surface area contributed by atoms with Gasteiger partial charge in [-0.1, -0.05) is 0 Å². The molecule has 1 heterocycles. The molecule has 1 aliphatic rings. The van der Waals surface area contributed by atoms with E-state index in [4.69, 9.17) is 5.11 Å². The third-order valence-electron chi connectivity index (χ3n) is 3.59. The van der Waals surface area contributed by atoms with Crippen molar-refractivity contribution in [3.8, 4) is 0 Å². The minimum absolute atomic E-state index is 0.00649. The van der Waals surface area contributed by atoms with Crippen molar-refractivity contribution in [2.75, 3.05) is 25.5 Å². The molecule has 1 aromatic rings. The van der Waals surface area contributed by atoms with Crippen molar-refractivity contribution in [2.24, 2.45) is 0 Å². The van der Waals surface area contributed by atoms with Crippen molar-refractivity contribution < 1.29 is 19.2 Å². The fourth-order valence-electron chi connectivity index (χ4n) is 2.37. The molecule has 1 aromatic carbocycles. The Balaban J connectivity index is 2.29. The zero-order chi connectivity index (χ0) is 15.6. The Morgan fingerprint density at radius 1 is 1.48 bits per heavy atom. The number of nitrogens with one attached hydrogen (secondary N) is 1. The molecule has 1 fully saturated rings. The van der Waals surface area contributed by atoms with Gasteiger partial charge < -0.3 is 15.3 Å². The summed E-state index contributed by atoms with van der Waals surface area (Å²) in [6.07, 6.45) is 1.57. The quantitative estimate of drug-likeness (QED) is 0.651. The number of nitrogens with zero attached hydrogens (tertiary/aromatic N) is 2. The number of hydrogen-bond donors (Lipinski definition) is 2. The number of carbonyl (C=O) groups is 1. The molecule has 1 saturated heterocycles. The van der Waals surface area contributed by atoms with Gasteiger partial charge in [0.15, 0.2) is 0 Å². The fourth-order valence-corrected chi connectivity index (χ4v) is 2.37. The van der Waals surface area contributed by atoms with Crippen molar-refractivity contribution in [3.05, 3.63) is 33.6 Å². The van der Waals surface area contributed by atoms with Crippen LogP contribution in [-0.4, -0.2) is 47.1 Å². The molecule has 21 heavy (non-hydrogen) atoms. The first-order valence-corrected chi connectivity index (χ1v) is 6.55. The lowest BCUT2D eigenvalue weighted by molar-refractivity contribution is -0.384. The first-order valence-electron chi connectivity index (χ1n) is 6.55. The summed E-state index contributed by atoms with van der Waals surface area (Å²) in [6, 6.07) is 1.65. The molecule has 8 heteroatoms. The number of carboxylic acids is 1. The van der Waals surface area contributed by atoms with Gasteiger partial charge in [-0.2, -0.15) is 0 Å². The minimum atomic E-state index is -1.45. The van der Waals surface area contributed by atoms with E-state index < -0.39 is 28.0 Å². The van der Waals surface area contributed by atoms with Gasteiger partial charge in [0, 0.05) is 6.04 Å². The van der Waals surface area contributed by atoms with E-state index in [9.17, 15) is 19.3 Å². The van der Waals surface area contributed by atoms with E-state index in [0.717, 1.165) is 32.0 Å². The van der Waals surface area contributed by atoms with Crippen molar-refractivity contribution in [1.29, 1.82) is 0 Å². The zero-order valence-corrected chi connectivity index (χ0v) is 11.5. The molecule has 0 amide bonds. The van der Waals surface area contributed by atoms with Gasteiger partial charge in [-0.05, 0) is 39.0 Å². The molecule has 0 bridgehead atoms. The Hall–Kier alpha value is -2.22. The van der Waals surface area contributed by atoms with Crippen molar-refractivity contribution in [2.45, 2.75) is 18.9 Å². The van der Waals surface area contributed by atoms with Crippen LogP contribution < -0.4 is 5.32 Å². The highest BCUT2D eigenvalue weighted by Gasteiger charge is 2.24. The fraction of sp³-hybridized carbons (Fsp3) is 0.462. The first-order chi connectivity index (χ1) is 9.88. The van der Waals surface area contributed by atoms with Gasteiger partial charge in [-0.15, -0.1) is 0 Å². The largest absolute Gasteiger partial charge is 0.478 e. The number of rotatable bonds is 4. The lowest BCUT2D eigenvalue weighted by atomic mass is 10.0. The second kappa shape index (κ2) is 6.04. The van der Waals surface area contributed by atoms with Crippen LogP contribution in [0.25, 0.3) is 0 Å². The summed E-state index contributed by atoms with van der Waals surface area (Å²) in [7, 11) is 1.99. The van der Waals surface area contributed by atoms with E-state index in [-0.39, 0.29) is 11.7 Å². The molecular formula is C13H16FN3O4. The van der Waals surface area contributed by atoms with Gasteiger partial charge in [0.1, 0.15) is 11.5 Å². The maximum atomic E-state index is 13.6. The predicted octanol–water partition coefficient (Wildman–Crippen LogP) is 1.94. The number of hydrogen-bond acceptors (Lipinski definition) is 5. The molecule has 2 rings (SSSR count). The van der Waals surface area contributed by atoms with Crippen LogP contribution in [-0.2, 0) is 0 Å². The topological polar surface area (TPSA) is 95.7 Å². The number of anilines is 1. The van der Waals surface area contributed by atoms with Crippen LogP contribution in [0, 0.1) is 15.9 Å². The smallest absolute Gasteiger partial charge is 0.338 e. The van der Waals surface area contributed by atoms with E-state index >= 15 is 0 Å². The van der Waals surface area contributed by atoms with Crippen LogP contribution in [0.15, 0.2) is 12.1 Å². The van der Waals surface area contributed by atoms with Gasteiger partial charge in [-0.3, -0.25) is 10.1 Å². The molecule has 0 unspecified atom stereocenters. The van der Waals surface area contributed by atoms with E-state index in [1.54, 1.807) is 0 Å². The highest BCUT2D eigenvalue weighted by atomic mass is 19.1. The highest BCUT2D eigenvalue weighted by molar-refractivity contribution is 5.90. The van der Waals surface area contributed by atoms with Crippen molar-refractivity contribution in [3.63, 3.8) is 0 Å². The van der Waals surface area contributed by atoms with Crippen molar-refractivity contribution in [1.82, 2.24) is 4.90 Å². The summed E-state index contributed by atoms with van der Waals surface area (Å²) in [6.45, 7) is 1.69. The third-order valence-corrected chi connectivity index (χ3v) is 3.59. The molecule has 0 saturated carbocycles. The molecule has 0 radical (unpaired) electrons. The van der Waals surface area contributed by atoms with Crippen LogP contribution in [0.1, 0.15) is 23.2 Å². The lowest BCUT2D eigenvalue weighted by Crippen LogP contribution is -2.36. The maximum Gasteiger partial charge on any atom is 0.338 e. The van der Waals surface area contributed by atoms with Gasteiger partial charge in [0.05, 0.1) is 16.6 Å². The molecule has 7 nitrogen and oxygen atoms in total. The standard InChI is InChI=1S/C13H16FN3O4/c1-16-4-2-8(3-5-16)15-11-6-9(13(18)19)10(14)7-12(11)17(20)21/h6-8,15H,2-5H2,1H3,(H,18,19). The molecule has 2 N–H and O–H groups in total. The molecular weight excluding hydrogens is 281 g/mol. The number of nitro benzene ring substituents is 1. The second-order valence-electron chi connectivity index (χ2n) is 5.13. The normalized spacial score (nSPS) is 16.7. The molecule has 0 aliphatic carbocycles. The molecule has 114 valence electrons. The zero-order valence-electron chi connectivity index (χ0n) is 11.5. The molecule has 0 atom stereocenters. The van der Waals surface area contributed by atoms with E-state index in [1.807, 2.05) is 7.05 Å². The van der Waals surface area contributed by atoms with Gasteiger partial charge in [0.25, 0.3) is 5.69 Å². The van der Waals surface area contributed by atoms with E-state index in [0.29, 0.717) is 6.07 Å². The molecule has 0 spiro atoms. The number of benzene rings is 1. The predicted molar refractivity (Wildman–Crippen MR) is 74.2 cm³/mol. The Morgan fingerprint density at radius 3 is 2.62 bits per heavy atom. The Morgan fingerprint density at radius 2 is 2.10 bits per heavy atom. The summed E-state index contributed by atoms with van der Waals surface area (Å²) < 4.78 is 13.6. The van der Waals surface area contributed by atoms with Crippen LogP contribution in [0.5, 0.6) is 0 Å². The van der Waals surface area contributed by atoms with Crippen LogP contribution in [0.3, 0.4) is 0 Å². The summed E-state index contributed by atoms with van der Waals surface area (Å²) >= 11 is 0. The summed E-state index contributed by atoms with van der Waals surface area (Å²) in [5.41, 5.74) is -0.971. The second-order valence-corrected chi connectivity index (χ2v) is 5.13. The number of nitro groups is 1. The molecule has 1 aliphatic heterocycles. The number of halogens is 1. The average Bonchev–Trinajstić information content (AvgIpc) is 2.42. The van der Waals surface area contributed by atoms with Gasteiger partial charge in [0.2, 0.25) is 0 Å². The Bertz CT molecular complexity index is 571. The third kappa shape index (κ3) is 3.46. The number of likely N-dealkylation sites (tertiary alicyclic amines) is 1. The van der Waals surface area contributed by atoms with Crippen LogP contribution in [0.2, 0.25) is 0 Å². The number of piperidine rings is 1. The van der Waals surface area contributed by atoms with E-state index in [2.05, 4.69) is 10.2 Å². The van der Waals surface area contributed by atoms with Crippen LogP contribution >= 0.6 is 0 Å². The summed E-state index contributed by atoms with van der Waals surface area (Å²) in [4.78, 5) is 23.4. The Kier molecular flexibility index (Phi) is 4.37. The lowest BCUT2D eigenvalue weighted by Gasteiger charge is -2.30. The minimum Gasteiger partial charge on any atom is -0.478 e.